The van der Waals surface area contributed by atoms with Crippen LogP contribution in [0.2, 0.25) is 0 Å². The molecular formula is C26H29N3O6. The highest BCUT2D eigenvalue weighted by molar-refractivity contribution is 5.88. The standard InChI is InChI=1S/C26H29N3O6/c30-23(27-14-24(31)32)13-28-25(33)20-11-5-6-12-22(20)29-26(34)35-15-21-18-9-3-1-7-16(18)17-8-2-4-10-19(17)21/h1-4,7-10,20-22H,5-6,11-15H2,(H,27,30)(H,28,33)(H,29,34)(H,31,32)/t20-,22+/m1/s1. The first kappa shape index (κ1) is 24.3. The highest BCUT2D eigenvalue weighted by Gasteiger charge is 2.33. The Balaban J connectivity index is 1.32. The van der Waals surface area contributed by atoms with Gasteiger partial charge in [0.25, 0.3) is 0 Å². The molecule has 0 unspecified atom stereocenters. The summed E-state index contributed by atoms with van der Waals surface area (Å²) < 4.78 is 5.62. The Labute approximate surface area is 203 Å². The average Bonchev–Trinajstić information content (AvgIpc) is 3.19. The normalized spacial score (nSPS) is 18.6. The minimum absolute atomic E-state index is 0.0529. The number of carbonyl (C=O) groups is 4. The van der Waals surface area contributed by atoms with Crippen LogP contribution >= 0.6 is 0 Å². The molecule has 1 saturated carbocycles. The summed E-state index contributed by atoms with van der Waals surface area (Å²) in [6, 6.07) is 15.8. The third kappa shape index (κ3) is 5.79. The van der Waals surface area contributed by atoms with Gasteiger partial charge >= 0.3 is 12.1 Å². The van der Waals surface area contributed by atoms with Crippen molar-refractivity contribution < 1.29 is 29.0 Å². The zero-order chi connectivity index (χ0) is 24.8. The number of amides is 3. The maximum atomic E-state index is 12.7. The fraction of sp³-hybridized carbons (Fsp3) is 0.385. The van der Waals surface area contributed by atoms with Crippen LogP contribution in [0.3, 0.4) is 0 Å². The number of hydrogen-bond acceptors (Lipinski definition) is 5. The minimum atomic E-state index is -1.16. The van der Waals surface area contributed by atoms with E-state index in [2.05, 4.69) is 40.2 Å². The summed E-state index contributed by atoms with van der Waals surface area (Å²) in [4.78, 5) is 47.6. The smallest absolute Gasteiger partial charge is 0.407 e. The van der Waals surface area contributed by atoms with E-state index in [9.17, 15) is 19.2 Å². The molecule has 0 bridgehead atoms. The summed E-state index contributed by atoms with van der Waals surface area (Å²) >= 11 is 0. The van der Waals surface area contributed by atoms with E-state index < -0.39 is 36.5 Å². The Morgan fingerprint density at radius 2 is 1.49 bits per heavy atom. The van der Waals surface area contributed by atoms with E-state index in [-0.39, 0.29) is 25.0 Å². The molecule has 184 valence electrons. The number of rotatable bonds is 8. The lowest BCUT2D eigenvalue weighted by Gasteiger charge is -2.31. The van der Waals surface area contributed by atoms with Gasteiger partial charge in [-0.15, -0.1) is 0 Å². The molecule has 4 N–H and O–H groups in total. The third-order valence-electron chi connectivity index (χ3n) is 6.61. The molecule has 0 spiro atoms. The van der Waals surface area contributed by atoms with Gasteiger partial charge < -0.3 is 25.8 Å². The molecule has 2 aliphatic carbocycles. The van der Waals surface area contributed by atoms with Crippen molar-refractivity contribution in [2.75, 3.05) is 19.7 Å². The van der Waals surface area contributed by atoms with Gasteiger partial charge in [0.2, 0.25) is 11.8 Å². The summed E-state index contributed by atoms with van der Waals surface area (Å²) in [7, 11) is 0. The van der Waals surface area contributed by atoms with E-state index in [0.29, 0.717) is 12.8 Å². The quantitative estimate of drug-likeness (QED) is 0.459. The van der Waals surface area contributed by atoms with Gasteiger partial charge in [0.15, 0.2) is 0 Å². The maximum absolute atomic E-state index is 12.7. The molecule has 0 aliphatic heterocycles. The van der Waals surface area contributed by atoms with Crippen LogP contribution in [-0.4, -0.2) is 54.7 Å². The number of aliphatic carboxylic acids is 1. The lowest BCUT2D eigenvalue weighted by molar-refractivity contribution is -0.137. The number of nitrogens with one attached hydrogen (secondary N) is 3. The van der Waals surface area contributed by atoms with Gasteiger partial charge in [-0.2, -0.15) is 0 Å². The van der Waals surface area contributed by atoms with Gasteiger partial charge in [0.1, 0.15) is 13.2 Å². The maximum Gasteiger partial charge on any atom is 0.407 e. The molecule has 9 nitrogen and oxygen atoms in total. The van der Waals surface area contributed by atoms with Crippen LogP contribution in [0.1, 0.15) is 42.7 Å². The van der Waals surface area contributed by atoms with Crippen LogP contribution < -0.4 is 16.0 Å². The number of carboxylic acid groups (broad SMARTS) is 1. The SMILES string of the molecule is O=C(O)CNC(=O)CNC(=O)[C@@H]1CCCC[C@@H]1NC(=O)OCC1c2ccccc2-c2ccccc21. The largest absolute Gasteiger partial charge is 0.480 e. The predicted molar refractivity (Wildman–Crippen MR) is 128 cm³/mol. The molecule has 3 amide bonds. The molecule has 4 rings (SSSR count). The Hall–Kier alpha value is -3.88. The van der Waals surface area contributed by atoms with E-state index in [1.807, 2.05) is 24.3 Å². The number of hydrogen-bond donors (Lipinski definition) is 4. The second-order valence-corrected chi connectivity index (χ2v) is 8.86. The molecule has 35 heavy (non-hydrogen) atoms. The van der Waals surface area contributed by atoms with Crippen LogP contribution in [0.4, 0.5) is 4.79 Å². The van der Waals surface area contributed by atoms with E-state index >= 15 is 0 Å². The molecular weight excluding hydrogens is 450 g/mol. The fourth-order valence-electron chi connectivity index (χ4n) is 4.94. The van der Waals surface area contributed by atoms with Crippen molar-refractivity contribution in [2.45, 2.75) is 37.6 Å². The van der Waals surface area contributed by atoms with Crippen molar-refractivity contribution in [1.29, 1.82) is 0 Å². The molecule has 0 saturated heterocycles. The van der Waals surface area contributed by atoms with Crippen LogP contribution in [0, 0.1) is 5.92 Å². The molecule has 2 aliphatic rings. The number of carboxylic acids is 1. The number of alkyl carbamates (subject to hydrolysis) is 1. The minimum Gasteiger partial charge on any atom is -0.480 e. The van der Waals surface area contributed by atoms with Gasteiger partial charge in [-0.3, -0.25) is 14.4 Å². The summed E-state index contributed by atoms with van der Waals surface area (Å²) in [5, 5.41) is 16.2. The molecule has 2 aromatic rings. The van der Waals surface area contributed by atoms with E-state index in [0.717, 1.165) is 35.1 Å². The molecule has 2 atom stereocenters. The van der Waals surface area contributed by atoms with Gasteiger partial charge in [0.05, 0.1) is 12.5 Å². The van der Waals surface area contributed by atoms with E-state index in [1.54, 1.807) is 0 Å². The summed E-state index contributed by atoms with van der Waals surface area (Å²) in [5.41, 5.74) is 4.54. The van der Waals surface area contributed by atoms with E-state index in [1.165, 1.54) is 0 Å². The zero-order valence-electron chi connectivity index (χ0n) is 19.3. The van der Waals surface area contributed by atoms with Crippen molar-refractivity contribution in [3.63, 3.8) is 0 Å². The van der Waals surface area contributed by atoms with Crippen LogP contribution in [0.5, 0.6) is 0 Å². The Morgan fingerprint density at radius 3 is 2.14 bits per heavy atom. The Bertz CT molecular complexity index is 1070. The number of benzene rings is 2. The summed E-state index contributed by atoms with van der Waals surface area (Å²) in [5.74, 6) is -2.64. The van der Waals surface area contributed by atoms with Crippen LogP contribution in [0.15, 0.2) is 48.5 Å². The monoisotopic (exact) mass is 479 g/mol. The zero-order valence-corrected chi connectivity index (χ0v) is 19.3. The predicted octanol–water partition coefficient (Wildman–Crippen LogP) is 2.40. The first-order valence-corrected chi connectivity index (χ1v) is 11.8. The molecule has 2 aromatic carbocycles. The summed E-state index contributed by atoms with van der Waals surface area (Å²) in [6.45, 7) is -0.641. The highest BCUT2D eigenvalue weighted by atomic mass is 16.5. The van der Waals surface area contributed by atoms with Crippen molar-refractivity contribution in [1.82, 2.24) is 16.0 Å². The topological polar surface area (TPSA) is 134 Å². The Kier molecular flexibility index (Phi) is 7.64. The van der Waals surface area contributed by atoms with Crippen molar-refractivity contribution >= 4 is 23.9 Å². The fourth-order valence-corrected chi connectivity index (χ4v) is 4.94. The summed E-state index contributed by atoms with van der Waals surface area (Å²) in [6.07, 6.45) is 2.35. The second-order valence-electron chi connectivity index (χ2n) is 8.86. The van der Waals surface area contributed by atoms with Crippen LogP contribution in [-0.2, 0) is 19.1 Å². The lowest BCUT2D eigenvalue weighted by Crippen LogP contribution is -2.50. The highest BCUT2D eigenvalue weighted by Crippen LogP contribution is 2.44. The molecule has 0 heterocycles. The molecule has 0 radical (unpaired) electrons. The van der Waals surface area contributed by atoms with Gasteiger partial charge in [-0.1, -0.05) is 61.4 Å². The van der Waals surface area contributed by atoms with Crippen molar-refractivity contribution in [3.05, 3.63) is 59.7 Å². The van der Waals surface area contributed by atoms with Crippen molar-refractivity contribution in [3.8, 4) is 11.1 Å². The van der Waals surface area contributed by atoms with E-state index in [4.69, 9.17) is 9.84 Å². The van der Waals surface area contributed by atoms with Gasteiger partial charge in [0, 0.05) is 12.0 Å². The molecule has 0 aromatic heterocycles. The Morgan fingerprint density at radius 1 is 0.857 bits per heavy atom. The molecule has 9 heteroatoms. The van der Waals surface area contributed by atoms with Gasteiger partial charge in [-0.25, -0.2) is 4.79 Å². The lowest BCUT2D eigenvalue weighted by atomic mass is 9.84. The number of ether oxygens (including phenoxy) is 1. The third-order valence-corrected chi connectivity index (χ3v) is 6.61. The number of fused-ring (bicyclic) bond motifs is 3. The van der Waals surface area contributed by atoms with Crippen molar-refractivity contribution in [2.24, 2.45) is 5.92 Å². The molecule has 1 fully saturated rings. The van der Waals surface area contributed by atoms with Crippen LogP contribution in [0.25, 0.3) is 11.1 Å². The second kappa shape index (κ2) is 11.0. The van der Waals surface area contributed by atoms with Gasteiger partial charge in [-0.05, 0) is 35.1 Å². The first-order chi connectivity index (χ1) is 16.9. The first-order valence-electron chi connectivity index (χ1n) is 11.8. The number of carbonyl (C=O) groups excluding carboxylic acids is 3. The average molecular weight is 480 g/mol.